The zero-order valence-electron chi connectivity index (χ0n) is 8.88. The molecule has 0 radical (unpaired) electrons. The molecule has 0 bridgehead atoms. The molecule has 2 rings (SSSR count). The van der Waals surface area contributed by atoms with Crippen molar-refractivity contribution in [1.29, 1.82) is 0 Å². The van der Waals surface area contributed by atoms with Crippen LogP contribution in [0.4, 0.5) is 4.39 Å². The van der Waals surface area contributed by atoms with Crippen molar-refractivity contribution < 1.29 is 9.18 Å². The van der Waals surface area contributed by atoms with Gasteiger partial charge in [0.25, 0.3) is 0 Å². The summed E-state index contributed by atoms with van der Waals surface area (Å²) < 4.78 is 14.2. The number of carbonyl (C=O) groups excluding carboxylic acids is 1. The van der Waals surface area contributed by atoms with Gasteiger partial charge in [0.2, 0.25) is 0 Å². The molecule has 0 fully saturated rings. The summed E-state index contributed by atoms with van der Waals surface area (Å²) in [5.41, 5.74) is 0.334. The Hall–Kier alpha value is -0.900. The van der Waals surface area contributed by atoms with Crippen molar-refractivity contribution in [3.05, 3.63) is 67.9 Å². The van der Waals surface area contributed by atoms with E-state index in [1.807, 2.05) is 0 Å². The molecule has 0 spiro atoms. The van der Waals surface area contributed by atoms with Crippen LogP contribution in [-0.4, -0.2) is 5.78 Å². The van der Waals surface area contributed by atoms with Crippen LogP contribution in [0.1, 0.15) is 15.9 Å². The maximum absolute atomic E-state index is 13.6. The van der Waals surface area contributed by atoms with E-state index in [0.717, 1.165) is 6.07 Å². The number of benzene rings is 2. The monoisotopic (exact) mass is 346 g/mol. The highest BCUT2D eigenvalue weighted by molar-refractivity contribution is 9.10. The summed E-state index contributed by atoms with van der Waals surface area (Å²) in [4.78, 5) is 12.1. The first kappa shape index (κ1) is 13.5. The smallest absolute Gasteiger partial charge is 0.196 e. The number of hydrogen-bond acceptors (Lipinski definition) is 1. The zero-order valence-corrected chi connectivity index (χ0v) is 12.0. The second-order valence-electron chi connectivity index (χ2n) is 3.58. The molecular formula is C13H6BrCl2FO. The average Bonchev–Trinajstić information content (AvgIpc) is 2.32. The van der Waals surface area contributed by atoms with Gasteiger partial charge >= 0.3 is 0 Å². The third kappa shape index (κ3) is 2.74. The lowest BCUT2D eigenvalue weighted by Crippen LogP contribution is -2.04. The fourth-order valence-electron chi connectivity index (χ4n) is 1.47. The summed E-state index contributed by atoms with van der Waals surface area (Å²) in [6.07, 6.45) is 0. The van der Waals surface area contributed by atoms with E-state index in [2.05, 4.69) is 15.9 Å². The topological polar surface area (TPSA) is 17.1 Å². The number of halogens is 4. The minimum Gasteiger partial charge on any atom is -0.288 e. The third-order valence-electron chi connectivity index (χ3n) is 2.36. The SMILES string of the molecule is O=C(c1ccc(Cl)c(Br)c1)c1ccc(Cl)cc1F. The Morgan fingerprint density at radius 2 is 1.83 bits per heavy atom. The van der Waals surface area contributed by atoms with Crippen molar-refractivity contribution in [2.75, 3.05) is 0 Å². The quantitative estimate of drug-likeness (QED) is 0.688. The van der Waals surface area contributed by atoms with Gasteiger partial charge in [-0.3, -0.25) is 4.79 Å². The Labute approximate surface area is 122 Å². The average molecular weight is 348 g/mol. The van der Waals surface area contributed by atoms with Gasteiger partial charge in [0, 0.05) is 15.1 Å². The molecule has 92 valence electrons. The fourth-order valence-corrected chi connectivity index (χ4v) is 2.12. The van der Waals surface area contributed by atoms with E-state index in [-0.39, 0.29) is 10.6 Å². The standard InChI is InChI=1S/C13H6BrCl2FO/c14-10-5-7(1-4-11(10)16)13(18)9-3-2-8(15)6-12(9)17/h1-6H. The van der Waals surface area contributed by atoms with E-state index in [0.29, 0.717) is 15.1 Å². The zero-order chi connectivity index (χ0) is 13.3. The summed E-state index contributed by atoms with van der Waals surface area (Å²) in [7, 11) is 0. The number of ketones is 1. The molecule has 0 atom stereocenters. The van der Waals surface area contributed by atoms with Gasteiger partial charge in [0.05, 0.1) is 10.6 Å². The minimum absolute atomic E-state index is 0.0198. The molecule has 0 saturated heterocycles. The summed E-state index contributed by atoms with van der Waals surface area (Å²) in [5.74, 6) is -1.06. The largest absolute Gasteiger partial charge is 0.288 e. The Morgan fingerprint density at radius 3 is 2.44 bits per heavy atom. The predicted octanol–water partition coefficient (Wildman–Crippen LogP) is 5.13. The van der Waals surface area contributed by atoms with Gasteiger partial charge in [-0.15, -0.1) is 0 Å². The molecular weight excluding hydrogens is 342 g/mol. The minimum atomic E-state index is -0.640. The van der Waals surface area contributed by atoms with Gasteiger partial charge in [0.1, 0.15) is 5.82 Å². The van der Waals surface area contributed by atoms with Crippen molar-refractivity contribution in [3.8, 4) is 0 Å². The van der Waals surface area contributed by atoms with Crippen molar-refractivity contribution >= 4 is 44.9 Å². The lowest BCUT2D eigenvalue weighted by atomic mass is 10.0. The van der Waals surface area contributed by atoms with Gasteiger partial charge in [-0.05, 0) is 52.3 Å². The molecule has 0 heterocycles. The predicted molar refractivity (Wildman–Crippen MR) is 74.0 cm³/mol. The van der Waals surface area contributed by atoms with Crippen LogP contribution in [-0.2, 0) is 0 Å². The van der Waals surface area contributed by atoms with E-state index in [9.17, 15) is 9.18 Å². The van der Waals surface area contributed by atoms with Crippen LogP contribution in [0.25, 0.3) is 0 Å². The van der Waals surface area contributed by atoms with Crippen LogP contribution in [0.5, 0.6) is 0 Å². The molecule has 0 amide bonds. The molecule has 0 aliphatic rings. The van der Waals surface area contributed by atoms with Crippen LogP contribution in [0.3, 0.4) is 0 Å². The highest BCUT2D eigenvalue weighted by Crippen LogP contribution is 2.25. The summed E-state index contributed by atoms with van der Waals surface area (Å²) in [5, 5.41) is 0.740. The van der Waals surface area contributed by atoms with Crippen molar-refractivity contribution in [2.45, 2.75) is 0 Å². The number of rotatable bonds is 2. The highest BCUT2D eigenvalue weighted by atomic mass is 79.9. The molecule has 0 saturated carbocycles. The fraction of sp³-hybridized carbons (Fsp3) is 0. The molecule has 0 aliphatic heterocycles. The van der Waals surface area contributed by atoms with Gasteiger partial charge < -0.3 is 0 Å². The first-order valence-corrected chi connectivity index (χ1v) is 6.49. The van der Waals surface area contributed by atoms with Gasteiger partial charge in [-0.25, -0.2) is 4.39 Å². The van der Waals surface area contributed by atoms with E-state index in [1.165, 1.54) is 12.1 Å². The van der Waals surface area contributed by atoms with E-state index >= 15 is 0 Å². The lowest BCUT2D eigenvalue weighted by Gasteiger charge is -2.04. The summed E-state index contributed by atoms with van der Waals surface area (Å²) >= 11 is 14.7. The molecule has 1 nitrogen and oxygen atoms in total. The molecule has 0 aromatic heterocycles. The highest BCUT2D eigenvalue weighted by Gasteiger charge is 2.15. The molecule has 0 N–H and O–H groups in total. The molecule has 18 heavy (non-hydrogen) atoms. The normalized spacial score (nSPS) is 10.4. The van der Waals surface area contributed by atoms with Gasteiger partial charge in [0.15, 0.2) is 5.78 Å². The van der Waals surface area contributed by atoms with Crippen LogP contribution in [0.15, 0.2) is 40.9 Å². The van der Waals surface area contributed by atoms with E-state index in [4.69, 9.17) is 23.2 Å². The maximum Gasteiger partial charge on any atom is 0.196 e. The van der Waals surface area contributed by atoms with Crippen molar-refractivity contribution in [2.24, 2.45) is 0 Å². The van der Waals surface area contributed by atoms with Crippen LogP contribution in [0.2, 0.25) is 10.0 Å². The van der Waals surface area contributed by atoms with E-state index < -0.39 is 11.6 Å². The van der Waals surface area contributed by atoms with E-state index in [1.54, 1.807) is 18.2 Å². The molecule has 2 aromatic rings. The van der Waals surface area contributed by atoms with Crippen LogP contribution < -0.4 is 0 Å². The maximum atomic E-state index is 13.6. The molecule has 5 heteroatoms. The first-order chi connectivity index (χ1) is 8.49. The Bertz CT molecular complexity index is 628. The number of carbonyl (C=O) groups is 1. The lowest BCUT2D eigenvalue weighted by molar-refractivity contribution is 0.103. The second-order valence-corrected chi connectivity index (χ2v) is 5.28. The first-order valence-electron chi connectivity index (χ1n) is 4.94. The Balaban J connectivity index is 2.44. The van der Waals surface area contributed by atoms with Crippen molar-refractivity contribution in [1.82, 2.24) is 0 Å². The summed E-state index contributed by atoms with van der Waals surface area (Å²) in [6.45, 7) is 0. The van der Waals surface area contributed by atoms with Crippen molar-refractivity contribution in [3.63, 3.8) is 0 Å². The molecule has 2 aromatic carbocycles. The molecule has 0 unspecified atom stereocenters. The second kappa shape index (κ2) is 5.39. The number of hydrogen-bond donors (Lipinski definition) is 0. The Kier molecular flexibility index (Phi) is 4.05. The Morgan fingerprint density at radius 1 is 1.11 bits per heavy atom. The summed E-state index contributed by atoms with van der Waals surface area (Å²) in [6, 6.07) is 8.62. The molecule has 0 aliphatic carbocycles. The van der Waals surface area contributed by atoms with Crippen LogP contribution in [0, 0.1) is 5.82 Å². The third-order valence-corrected chi connectivity index (χ3v) is 3.81. The van der Waals surface area contributed by atoms with Gasteiger partial charge in [-0.1, -0.05) is 23.2 Å². The van der Waals surface area contributed by atoms with Gasteiger partial charge in [-0.2, -0.15) is 0 Å². The van der Waals surface area contributed by atoms with Crippen LogP contribution >= 0.6 is 39.1 Å².